The Bertz CT molecular complexity index is 1650. The first-order valence-corrected chi connectivity index (χ1v) is 12.1. The highest BCUT2D eigenvalue weighted by molar-refractivity contribution is 6.31. The number of nitrogens with one attached hydrogen (secondary N) is 2. The Kier molecular flexibility index (Phi) is 6.74. The average molecular weight is 515 g/mol. The highest BCUT2D eigenvalue weighted by atomic mass is 35.5. The van der Waals surface area contributed by atoms with Crippen molar-refractivity contribution in [3.63, 3.8) is 0 Å². The smallest absolute Gasteiger partial charge is 0.296 e. The van der Waals surface area contributed by atoms with Crippen LogP contribution < -0.4 is 10.1 Å². The van der Waals surface area contributed by atoms with Gasteiger partial charge in [-0.05, 0) is 60.9 Å². The lowest BCUT2D eigenvalue weighted by molar-refractivity contribution is -0.384. The van der Waals surface area contributed by atoms with E-state index < -0.39 is 4.92 Å². The molecule has 37 heavy (non-hydrogen) atoms. The Hall–Kier alpha value is -4.43. The number of amides is 1. The Labute approximate surface area is 217 Å². The van der Waals surface area contributed by atoms with Crippen LogP contribution in [0, 0.1) is 10.1 Å². The van der Waals surface area contributed by atoms with E-state index in [4.69, 9.17) is 21.3 Å². The zero-order chi connectivity index (χ0) is 25.9. The first-order chi connectivity index (χ1) is 17.9. The number of nitrogens with zero attached hydrogens (tertiary/aromatic N) is 2. The number of halogens is 1. The minimum absolute atomic E-state index is 0.135. The van der Waals surface area contributed by atoms with Crippen LogP contribution in [-0.4, -0.2) is 27.9 Å². The summed E-state index contributed by atoms with van der Waals surface area (Å²) in [6, 6.07) is 21.9. The molecular weight excluding hydrogens is 492 g/mol. The summed E-state index contributed by atoms with van der Waals surface area (Å²) in [6.45, 7) is 0. The molecule has 2 heterocycles. The monoisotopic (exact) mass is 514 g/mol. The van der Waals surface area contributed by atoms with Gasteiger partial charge in [0.2, 0.25) is 5.91 Å². The lowest BCUT2D eigenvalue weighted by Gasteiger charge is -2.09. The van der Waals surface area contributed by atoms with Gasteiger partial charge in [0.05, 0.1) is 35.0 Å². The predicted molar refractivity (Wildman–Crippen MR) is 145 cm³/mol. The minimum atomic E-state index is -0.545. The molecule has 1 amide bonds. The van der Waals surface area contributed by atoms with E-state index in [1.54, 1.807) is 6.07 Å². The molecule has 5 aromatic rings. The van der Waals surface area contributed by atoms with Crippen LogP contribution in [-0.2, 0) is 11.2 Å². The lowest BCUT2D eigenvalue weighted by atomic mass is 10.0. The predicted octanol–water partition coefficient (Wildman–Crippen LogP) is 6.91. The fourth-order valence-corrected chi connectivity index (χ4v) is 4.61. The highest BCUT2D eigenvalue weighted by Crippen LogP contribution is 2.34. The van der Waals surface area contributed by atoms with Crippen molar-refractivity contribution in [2.24, 2.45) is 0 Å². The van der Waals surface area contributed by atoms with Gasteiger partial charge in [-0.2, -0.15) is 0 Å². The maximum Gasteiger partial charge on any atom is 0.296 e. The Morgan fingerprint density at radius 2 is 1.95 bits per heavy atom. The number of pyridine rings is 1. The molecule has 0 saturated carbocycles. The lowest BCUT2D eigenvalue weighted by Crippen LogP contribution is -2.13. The zero-order valence-corrected chi connectivity index (χ0v) is 20.7. The van der Waals surface area contributed by atoms with E-state index in [1.165, 1.54) is 19.2 Å². The van der Waals surface area contributed by atoms with E-state index in [0.717, 1.165) is 38.8 Å². The molecule has 3 aromatic carbocycles. The fraction of sp³-hybridized carbons (Fsp3) is 0.143. The molecule has 5 rings (SSSR count). The third kappa shape index (κ3) is 5.10. The summed E-state index contributed by atoms with van der Waals surface area (Å²) in [7, 11) is 1.43. The molecule has 0 fully saturated rings. The molecule has 0 aliphatic carbocycles. The van der Waals surface area contributed by atoms with Crippen LogP contribution >= 0.6 is 11.6 Å². The van der Waals surface area contributed by atoms with Gasteiger partial charge in [0.25, 0.3) is 5.69 Å². The number of fused-ring (bicyclic) bond motifs is 2. The van der Waals surface area contributed by atoms with Crippen molar-refractivity contribution in [1.29, 1.82) is 0 Å². The number of benzene rings is 3. The zero-order valence-electron chi connectivity index (χ0n) is 20.0. The molecule has 0 atom stereocenters. The van der Waals surface area contributed by atoms with Gasteiger partial charge in [-0.3, -0.25) is 14.9 Å². The van der Waals surface area contributed by atoms with E-state index in [0.29, 0.717) is 23.6 Å². The normalized spacial score (nSPS) is 11.1. The second-order valence-electron chi connectivity index (χ2n) is 8.60. The quantitative estimate of drug-likeness (QED) is 0.172. The number of para-hydroxylation sites is 1. The van der Waals surface area contributed by atoms with Crippen LogP contribution in [0.3, 0.4) is 0 Å². The number of rotatable bonds is 8. The average Bonchev–Trinajstić information content (AvgIpc) is 3.26. The number of H-pyrrole nitrogens is 1. The molecule has 0 spiro atoms. The standard InChI is InChI=1S/C28H23ClN4O4/c1-37-19-11-14-24(26(16-19)33(35)36)31-27(34)8-4-6-20-21-15-18(29)10-13-23(21)32-28(20)25-12-9-17-5-2-3-7-22(17)30-25/h2-3,5,7,9-16,32H,4,6,8H2,1H3,(H,31,34). The summed E-state index contributed by atoms with van der Waals surface area (Å²) in [5.74, 6) is 0.0362. The molecular formula is C28H23ClN4O4. The van der Waals surface area contributed by atoms with Gasteiger partial charge in [-0.1, -0.05) is 35.9 Å². The van der Waals surface area contributed by atoms with Crippen LogP contribution in [0.1, 0.15) is 18.4 Å². The Morgan fingerprint density at radius 1 is 1.11 bits per heavy atom. The molecule has 0 radical (unpaired) electrons. The Morgan fingerprint density at radius 3 is 2.76 bits per heavy atom. The van der Waals surface area contributed by atoms with Crippen molar-refractivity contribution < 1.29 is 14.5 Å². The molecule has 8 nitrogen and oxygen atoms in total. The summed E-state index contributed by atoms with van der Waals surface area (Å²) in [4.78, 5) is 31.9. The van der Waals surface area contributed by atoms with Crippen molar-refractivity contribution in [2.75, 3.05) is 12.4 Å². The third-order valence-corrected chi connectivity index (χ3v) is 6.46. The van der Waals surface area contributed by atoms with Crippen molar-refractivity contribution >= 4 is 50.7 Å². The maximum atomic E-state index is 12.7. The number of aromatic nitrogens is 2. The molecule has 9 heteroatoms. The number of carbonyl (C=O) groups is 1. The number of hydrogen-bond donors (Lipinski definition) is 2. The second-order valence-corrected chi connectivity index (χ2v) is 9.04. The van der Waals surface area contributed by atoms with Gasteiger partial charge >= 0.3 is 0 Å². The van der Waals surface area contributed by atoms with Gasteiger partial charge < -0.3 is 15.0 Å². The molecule has 0 aliphatic rings. The van der Waals surface area contributed by atoms with Crippen LogP contribution in [0.25, 0.3) is 33.2 Å². The van der Waals surface area contributed by atoms with Crippen LogP contribution in [0.5, 0.6) is 5.75 Å². The van der Waals surface area contributed by atoms with Crippen molar-refractivity contribution in [2.45, 2.75) is 19.3 Å². The Balaban J connectivity index is 1.38. The maximum absolute atomic E-state index is 12.7. The summed E-state index contributed by atoms with van der Waals surface area (Å²) >= 11 is 6.30. The topological polar surface area (TPSA) is 110 Å². The number of anilines is 1. The fourth-order valence-electron chi connectivity index (χ4n) is 4.44. The van der Waals surface area contributed by atoms with E-state index >= 15 is 0 Å². The van der Waals surface area contributed by atoms with Gasteiger partial charge in [0, 0.05) is 27.7 Å². The van der Waals surface area contributed by atoms with Crippen LogP contribution in [0.2, 0.25) is 5.02 Å². The van der Waals surface area contributed by atoms with Gasteiger partial charge in [0.15, 0.2) is 0 Å². The van der Waals surface area contributed by atoms with Crippen molar-refractivity contribution in [3.8, 4) is 17.1 Å². The van der Waals surface area contributed by atoms with Crippen LogP contribution in [0.4, 0.5) is 11.4 Å². The number of aryl methyl sites for hydroxylation is 1. The van der Waals surface area contributed by atoms with Crippen LogP contribution in [0.15, 0.2) is 72.8 Å². The summed E-state index contributed by atoms with van der Waals surface area (Å²) in [5, 5.41) is 16.7. The number of nitro groups is 1. The van der Waals surface area contributed by atoms with E-state index in [1.807, 2.05) is 54.6 Å². The molecule has 0 aliphatic heterocycles. The first-order valence-electron chi connectivity index (χ1n) is 11.7. The molecule has 0 bridgehead atoms. The second kappa shape index (κ2) is 10.3. The first kappa shape index (κ1) is 24.3. The number of aromatic amines is 1. The van der Waals surface area contributed by atoms with E-state index in [2.05, 4.69) is 10.3 Å². The van der Waals surface area contributed by atoms with Gasteiger partial charge in [0.1, 0.15) is 11.4 Å². The summed E-state index contributed by atoms with van der Waals surface area (Å²) in [6.07, 6.45) is 1.29. The molecule has 0 saturated heterocycles. The molecule has 186 valence electrons. The van der Waals surface area contributed by atoms with Crippen molar-refractivity contribution in [3.05, 3.63) is 93.5 Å². The van der Waals surface area contributed by atoms with E-state index in [9.17, 15) is 14.9 Å². The number of carbonyl (C=O) groups excluding carboxylic acids is 1. The third-order valence-electron chi connectivity index (χ3n) is 6.23. The number of hydrogen-bond acceptors (Lipinski definition) is 5. The number of methoxy groups -OCH3 is 1. The SMILES string of the molecule is COc1ccc(NC(=O)CCCc2c(-c3ccc4ccccc4n3)[nH]c3ccc(Cl)cc23)c([N+](=O)[O-])c1. The van der Waals surface area contributed by atoms with Gasteiger partial charge in [-0.25, -0.2) is 4.98 Å². The molecule has 2 aromatic heterocycles. The number of nitro benzene ring substituents is 1. The molecule has 0 unspecified atom stereocenters. The summed E-state index contributed by atoms with van der Waals surface area (Å²) in [5.41, 5.74) is 4.45. The van der Waals surface area contributed by atoms with Gasteiger partial charge in [-0.15, -0.1) is 0 Å². The van der Waals surface area contributed by atoms with E-state index in [-0.39, 0.29) is 23.7 Å². The highest BCUT2D eigenvalue weighted by Gasteiger charge is 2.19. The van der Waals surface area contributed by atoms with Crippen molar-refractivity contribution in [1.82, 2.24) is 9.97 Å². The summed E-state index contributed by atoms with van der Waals surface area (Å²) < 4.78 is 5.05. The largest absolute Gasteiger partial charge is 0.496 e. The molecule has 2 N–H and O–H groups in total. The number of ether oxygens (including phenoxy) is 1. The minimum Gasteiger partial charge on any atom is -0.496 e.